The minimum Gasteiger partial charge on any atom is -0.212 e. The maximum Gasteiger partial charge on any atom is 0.211 e. The molecule has 0 saturated heterocycles. The number of hydrogen-bond donors (Lipinski definition) is 0. The van der Waals surface area contributed by atoms with Gasteiger partial charge < -0.3 is 0 Å². The zero-order valence-electron chi connectivity index (χ0n) is 10.9. The van der Waals surface area contributed by atoms with Crippen molar-refractivity contribution < 1.29 is 11.3 Å². The first-order valence-electron chi connectivity index (χ1n) is 7.07. The predicted molar refractivity (Wildman–Crippen MR) is 74.7 cm³/mol. The van der Waals surface area contributed by atoms with Gasteiger partial charge in [-0.25, -0.2) is 8.42 Å². The third kappa shape index (κ3) is 3.44. The van der Waals surface area contributed by atoms with E-state index in [9.17, 15) is 8.42 Å². The summed E-state index contributed by atoms with van der Waals surface area (Å²) in [7, 11) is -3.03. The fourth-order valence-corrected chi connectivity index (χ4v) is 5.02. The Labute approximate surface area is 109 Å². The Hall–Kier alpha value is -0.0900. The monoisotopic (exact) mass is 263 g/mol. The summed E-state index contributed by atoms with van der Waals surface area (Å²) in [5, 5.41) is 0. The molecule has 2 rings (SSSR count). The zero-order chi connectivity index (χ0) is 12.3. The first kappa shape index (κ1) is 13.3. The van der Waals surface area contributed by atoms with Gasteiger partial charge in [0.05, 0.1) is 6.26 Å². The Kier molecular flexibility index (Phi) is 4.47. The third-order valence-electron chi connectivity index (χ3n) is 4.25. The van der Waals surface area contributed by atoms with Crippen LogP contribution >= 0.6 is 0 Å². The molecule has 0 N–H and O–H groups in total. The molecule has 2 aliphatic carbocycles. The lowest BCUT2D eigenvalue weighted by atomic mass is 9.91. The molecule has 2 fully saturated rings. The van der Waals surface area contributed by atoms with E-state index in [-0.39, 0.29) is 2.85 Å². The Balaban J connectivity index is 0.00000162. The molecular weight excluding hydrogens is 234 g/mol. The van der Waals surface area contributed by atoms with Gasteiger partial charge in [-0.3, -0.25) is 0 Å². The molecule has 104 valence electrons. The zero-order valence-corrected chi connectivity index (χ0v) is 11.7. The predicted octanol–water partition coefficient (Wildman–Crippen LogP) is 3.41. The van der Waals surface area contributed by atoms with Crippen LogP contribution in [-0.4, -0.2) is 31.1 Å². The van der Waals surface area contributed by atoms with Gasteiger partial charge in [0.15, 0.2) is 0 Å². The molecule has 0 spiro atoms. The molecule has 0 aromatic heterocycles. The van der Waals surface area contributed by atoms with E-state index in [1.807, 2.05) is 4.31 Å². The van der Waals surface area contributed by atoms with Crippen LogP contribution in [0, 0.1) is 0 Å². The van der Waals surface area contributed by atoms with Crippen molar-refractivity contribution in [1.82, 2.24) is 4.31 Å². The van der Waals surface area contributed by atoms with E-state index < -0.39 is 10.0 Å². The molecule has 0 atom stereocenters. The number of sulfonamides is 1. The van der Waals surface area contributed by atoms with Crippen LogP contribution in [0.15, 0.2) is 0 Å². The van der Waals surface area contributed by atoms with Crippen LogP contribution in [0.1, 0.15) is 67.1 Å². The summed E-state index contributed by atoms with van der Waals surface area (Å²) in [5.41, 5.74) is 0. The average molecular weight is 263 g/mol. The summed E-state index contributed by atoms with van der Waals surface area (Å²) in [6.45, 7) is 0. The van der Waals surface area contributed by atoms with Crippen LogP contribution in [0.5, 0.6) is 0 Å². The molecule has 0 radical (unpaired) electrons. The van der Waals surface area contributed by atoms with Crippen LogP contribution < -0.4 is 0 Å². The fraction of sp³-hybridized carbons (Fsp3) is 1.00. The lowest BCUT2D eigenvalue weighted by molar-refractivity contribution is 0.171. The molecule has 3 nitrogen and oxygen atoms in total. The molecule has 0 aromatic carbocycles. The summed E-state index contributed by atoms with van der Waals surface area (Å²) in [5.74, 6) is 0. The highest BCUT2D eigenvalue weighted by molar-refractivity contribution is 7.88. The van der Waals surface area contributed by atoms with Crippen LogP contribution in [0.4, 0.5) is 0 Å². The lowest BCUT2D eigenvalue weighted by Crippen LogP contribution is -2.48. The molecule has 0 heterocycles. The van der Waals surface area contributed by atoms with Crippen molar-refractivity contribution in [2.75, 3.05) is 6.26 Å². The van der Waals surface area contributed by atoms with Gasteiger partial charge in [-0.15, -0.1) is 0 Å². The molecule has 17 heavy (non-hydrogen) atoms. The smallest absolute Gasteiger partial charge is 0.211 e. The van der Waals surface area contributed by atoms with Gasteiger partial charge in [0.25, 0.3) is 0 Å². The Bertz CT molecular complexity index is 319. The Morgan fingerprint density at radius 2 is 1.18 bits per heavy atom. The third-order valence-corrected chi connectivity index (χ3v) is 5.61. The molecule has 4 heteroatoms. The molecular formula is C13H29NO2S. The minimum atomic E-state index is -3.03. The summed E-state index contributed by atoms with van der Waals surface area (Å²) in [6, 6.07) is 0.587. The highest BCUT2D eigenvalue weighted by Crippen LogP contribution is 2.31. The summed E-state index contributed by atoms with van der Waals surface area (Å²) < 4.78 is 26.0. The van der Waals surface area contributed by atoms with Crippen LogP contribution in [0.25, 0.3) is 0 Å². The van der Waals surface area contributed by atoms with Crippen molar-refractivity contribution >= 4 is 10.0 Å². The van der Waals surface area contributed by atoms with E-state index in [0.29, 0.717) is 12.1 Å². The second kappa shape index (κ2) is 5.70. The van der Waals surface area contributed by atoms with E-state index in [1.165, 1.54) is 44.8 Å². The second-order valence-corrected chi connectivity index (χ2v) is 7.56. The van der Waals surface area contributed by atoms with Crippen molar-refractivity contribution in [2.24, 2.45) is 0 Å². The molecule has 2 aliphatic rings. The quantitative estimate of drug-likeness (QED) is 0.782. The van der Waals surface area contributed by atoms with Crippen molar-refractivity contribution in [1.29, 1.82) is 0 Å². The van der Waals surface area contributed by atoms with E-state index in [4.69, 9.17) is 0 Å². The standard InChI is InChI=1S/C13H25NO2S.2H2/c1-17(15,16)14(12-8-4-2-5-9-12)13-10-6-3-7-11-13;;/h12-13H,2-11H2,1H3;2*1H. The van der Waals surface area contributed by atoms with Crippen molar-refractivity contribution in [3.8, 4) is 0 Å². The van der Waals surface area contributed by atoms with Crippen LogP contribution in [0.3, 0.4) is 0 Å². The Morgan fingerprint density at radius 3 is 1.47 bits per heavy atom. The maximum absolute atomic E-state index is 12.1. The normalized spacial score (nSPS) is 25.3. The van der Waals surface area contributed by atoms with Crippen molar-refractivity contribution in [3.05, 3.63) is 0 Å². The summed E-state index contributed by atoms with van der Waals surface area (Å²) in [4.78, 5) is 0. The summed E-state index contributed by atoms with van der Waals surface area (Å²) in [6.07, 6.45) is 13.0. The average Bonchev–Trinajstić information content (AvgIpc) is 2.30. The van der Waals surface area contributed by atoms with E-state index in [1.54, 1.807) is 0 Å². The number of nitrogens with zero attached hydrogens (tertiary/aromatic N) is 1. The van der Waals surface area contributed by atoms with Gasteiger partial charge in [-0.2, -0.15) is 4.31 Å². The van der Waals surface area contributed by atoms with Gasteiger partial charge >= 0.3 is 0 Å². The van der Waals surface area contributed by atoms with E-state index in [2.05, 4.69) is 0 Å². The minimum absolute atomic E-state index is 0. The molecule has 0 unspecified atom stereocenters. The first-order valence-corrected chi connectivity index (χ1v) is 8.92. The maximum atomic E-state index is 12.1. The molecule has 0 aromatic rings. The van der Waals surface area contributed by atoms with Crippen LogP contribution in [0.2, 0.25) is 0 Å². The number of rotatable bonds is 3. The van der Waals surface area contributed by atoms with Crippen molar-refractivity contribution in [2.45, 2.75) is 76.3 Å². The molecule has 0 aliphatic heterocycles. The highest BCUT2D eigenvalue weighted by Gasteiger charge is 2.34. The largest absolute Gasteiger partial charge is 0.212 e. The van der Waals surface area contributed by atoms with Gasteiger partial charge in [0.2, 0.25) is 10.0 Å². The van der Waals surface area contributed by atoms with Crippen molar-refractivity contribution in [3.63, 3.8) is 0 Å². The SMILES string of the molecule is CS(=O)(=O)N(C1CCCCC1)C1CCCCC1.[HH].[HH]. The highest BCUT2D eigenvalue weighted by atomic mass is 32.2. The lowest BCUT2D eigenvalue weighted by Gasteiger charge is -2.39. The van der Waals surface area contributed by atoms with E-state index >= 15 is 0 Å². The van der Waals surface area contributed by atoms with Gasteiger partial charge in [0.1, 0.15) is 0 Å². The fourth-order valence-electron chi connectivity index (χ4n) is 3.51. The van der Waals surface area contributed by atoms with E-state index in [0.717, 1.165) is 25.7 Å². The topological polar surface area (TPSA) is 37.4 Å². The second-order valence-electron chi connectivity index (χ2n) is 5.68. The van der Waals surface area contributed by atoms with Gasteiger partial charge in [-0.05, 0) is 25.7 Å². The molecule has 0 amide bonds. The van der Waals surface area contributed by atoms with Gasteiger partial charge in [-0.1, -0.05) is 38.5 Å². The van der Waals surface area contributed by atoms with Gasteiger partial charge in [0, 0.05) is 14.9 Å². The Morgan fingerprint density at radius 1 is 0.824 bits per heavy atom. The first-order chi connectivity index (χ1) is 8.09. The van der Waals surface area contributed by atoms with Crippen LogP contribution in [-0.2, 0) is 10.0 Å². The summed E-state index contributed by atoms with van der Waals surface area (Å²) >= 11 is 0. The number of hydrogen-bond acceptors (Lipinski definition) is 2. The molecule has 2 saturated carbocycles. The molecule has 0 bridgehead atoms.